The molecule has 2 N–H and O–H groups in total. The Morgan fingerprint density at radius 2 is 1.73 bits per heavy atom. The van der Waals surface area contributed by atoms with Crippen LogP contribution in [0.2, 0.25) is 0 Å². The van der Waals surface area contributed by atoms with Crippen LogP contribution >= 0.6 is 0 Å². The highest BCUT2D eigenvalue weighted by atomic mass is 32.2. The monoisotopic (exact) mass is 398 g/mol. The van der Waals surface area contributed by atoms with Crippen LogP contribution in [0.1, 0.15) is 32.1 Å². The second kappa shape index (κ2) is 6.38. The fourth-order valence-corrected chi connectivity index (χ4v) is 5.30. The number of rotatable bonds is 6. The fraction of sp³-hybridized carbons (Fsp3) is 0.867. The van der Waals surface area contributed by atoms with Crippen molar-refractivity contribution in [3.05, 3.63) is 0 Å². The molecule has 11 heteroatoms. The second-order valence-corrected chi connectivity index (χ2v) is 9.11. The van der Waals surface area contributed by atoms with Crippen molar-refractivity contribution >= 4 is 22.1 Å². The molecule has 0 aliphatic heterocycles. The predicted molar refractivity (Wildman–Crippen MR) is 80.4 cm³/mol. The molecule has 4 bridgehead atoms. The molecule has 26 heavy (non-hydrogen) atoms. The molecule has 0 aromatic heterocycles. The summed E-state index contributed by atoms with van der Waals surface area (Å²) in [5.74, 6) is -3.00. The lowest BCUT2D eigenvalue weighted by atomic mass is 9.49. The highest BCUT2D eigenvalue weighted by molar-refractivity contribution is 7.87. The Hall–Kier alpha value is -1.33. The van der Waals surface area contributed by atoms with E-state index < -0.39 is 40.0 Å². The zero-order valence-corrected chi connectivity index (χ0v) is 14.6. The molecule has 0 aromatic rings. The summed E-state index contributed by atoms with van der Waals surface area (Å²) in [4.78, 5) is 22.9. The van der Waals surface area contributed by atoms with Gasteiger partial charge in [0.2, 0.25) is 0 Å². The average molecular weight is 398 g/mol. The first kappa shape index (κ1) is 19.4. The van der Waals surface area contributed by atoms with Gasteiger partial charge in [-0.2, -0.15) is 17.2 Å². The average Bonchev–Trinajstić information content (AvgIpc) is 2.54. The number of alkyl halides is 2. The molecule has 0 aromatic carbocycles. The summed E-state index contributed by atoms with van der Waals surface area (Å²) in [6.07, 6.45) is 3.68. The zero-order valence-electron chi connectivity index (χ0n) is 13.8. The molecular formula is C15H20F2O8S. The third-order valence-corrected chi connectivity index (χ3v) is 6.61. The highest BCUT2D eigenvalue weighted by Crippen LogP contribution is 2.60. The van der Waals surface area contributed by atoms with Crippen LogP contribution in [0, 0.1) is 23.2 Å². The summed E-state index contributed by atoms with van der Waals surface area (Å²) < 4.78 is 64.6. The van der Waals surface area contributed by atoms with Gasteiger partial charge in [0, 0.05) is 6.61 Å². The van der Waals surface area contributed by atoms with Crippen LogP contribution in [0.5, 0.6) is 0 Å². The first-order valence-corrected chi connectivity index (χ1v) is 9.74. The van der Waals surface area contributed by atoms with Gasteiger partial charge < -0.3 is 14.6 Å². The molecule has 0 amide bonds. The molecular weight excluding hydrogens is 378 g/mol. The van der Waals surface area contributed by atoms with Crippen LogP contribution < -0.4 is 0 Å². The van der Waals surface area contributed by atoms with E-state index in [1.54, 1.807) is 0 Å². The summed E-state index contributed by atoms with van der Waals surface area (Å²) in [5.41, 5.74) is -0.135. The van der Waals surface area contributed by atoms with Crippen molar-refractivity contribution in [3.63, 3.8) is 0 Å². The van der Waals surface area contributed by atoms with E-state index in [9.17, 15) is 31.9 Å². The first-order chi connectivity index (χ1) is 12.0. The van der Waals surface area contributed by atoms with Gasteiger partial charge in [-0.1, -0.05) is 0 Å². The number of aliphatic hydroxyl groups excluding tert-OH is 1. The van der Waals surface area contributed by atoms with E-state index >= 15 is 0 Å². The van der Waals surface area contributed by atoms with E-state index in [1.807, 2.05) is 0 Å². The SMILES string of the molecule is O=C(COC(=O)C(F)(F)S(=O)(=O)O)OC1C2CC3CC1CC(CO)(C3)C2. The van der Waals surface area contributed by atoms with Crippen molar-refractivity contribution in [2.45, 2.75) is 43.5 Å². The summed E-state index contributed by atoms with van der Waals surface area (Å²) in [5, 5.41) is 4.53. The largest absolute Gasteiger partial charge is 0.465 e. The van der Waals surface area contributed by atoms with Crippen LogP contribution in [0.3, 0.4) is 0 Å². The summed E-state index contributed by atoms with van der Waals surface area (Å²) in [7, 11) is -5.98. The molecule has 4 aliphatic rings. The maximum absolute atomic E-state index is 13.1. The number of ether oxygens (including phenoxy) is 2. The van der Waals surface area contributed by atoms with E-state index in [0.717, 1.165) is 32.1 Å². The molecule has 148 valence electrons. The number of esters is 2. The Kier molecular flexibility index (Phi) is 4.77. The van der Waals surface area contributed by atoms with Crippen molar-refractivity contribution in [1.29, 1.82) is 0 Å². The number of hydrogen-bond acceptors (Lipinski definition) is 7. The predicted octanol–water partition coefficient (Wildman–Crippen LogP) is 0.741. The lowest BCUT2D eigenvalue weighted by Gasteiger charge is -2.58. The van der Waals surface area contributed by atoms with Gasteiger partial charge in [0.25, 0.3) is 0 Å². The smallest absolute Gasteiger partial charge is 0.459 e. The summed E-state index contributed by atoms with van der Waals surface area (Å²) in [6, 6.07) is 0. The van der Waals surface area contributed by atoms with Gasteiger partial charge in [-0.15, -0.1) is 0 Å². The second-order valence-electron chi connectivity index (χ2n) is 7.65. The zero-order chi connectivity index (χ0) is 19.3. The van der Waals surface area contributed by atoms with E-state index in [0.29, 0.717) is 5.92 Å². The van der Waals surface area contributed by atoms with E-state index in [-0.39, 0.29) is 23.9 Å². The molecule has 0 spiro atoms. The minimum absolute atomic E-state index is 0.0623. The summed E-state index contributed by atoms with van der Waals surface area (Å²) >= 11 is 0. The van der Waals surface area contributed by atoms with Crippen LogP contribution in [-0.4, -0.2) is 54.6 Å². The fourth-order valence-electron chi connectivity index (χ4n) is 5.03. The van der Waals surface area contributed by atoms with Gasteiger partial charge in [0.05, 0.1) is 0 Å². The summed E-state index contributed by atoms with van der Waals surface area (Å²) in [6.45, 7) is -1.09. The van der Waals surface area contributed by atoms with Crippen LogP contribution in [0.4, 0.5) is 8.78 Å². The third kappa shape index (κ3) is 3.31. The lowest BCUT2D eigenvalue weighted by molar-refractivity contribution is -0.192. The van der Waals surface area contributed by atoms with Gasteiger partial charge in [-0.25, -0.2) is 9.59 Å². The molecule has 4 aliphatic carbocycles. The third-order valence-electron chi connectivity index (χ3n) is 5.80. The van der Waals surface area contributed by atoms with E-state index in [4.69, 9.17) is 9.29 Å². The van der Waals surface area contributed by atoms with Crippen molar-refractivity contribution in [2.75, 3.05) is 13.2 Å². The Labute approximate surface area is 148 Å². The molecule has 0 heterocycles. The maximum atomic E-state index is 13.1. The molecule has 0 saturated heterocycles. The number of hydrogen-bond donors (Lipinski definition) is 2. The van der Waals surface area contributed by atoms with Gasteiger partial charge in [-0.3, -0.25) is 4.55 Å². The minimum Gasteiger partial charge on any atom is -0.459 e. The normalized spacial score (nSPS) is 36.0. The molecule has 2 unspecified atom stereocenters. The van der Waals surface area contributed by atoms with Crippen molar-refractivity contribution in [2.24, 2.45) is 23.2 Å². The van der Waals surface area contributed by atoms with Crippen molar-refractivity contribution in [3.8, 4) is 0 Å². The van der Waals surface area contributed by atoms with Gasteiger partial charge in [0.1, 0.15) is 6.10 Å². The number of halogens is 2. The molecule has 0 radical (unpaired) electrons. The molecule has 2 atom stereocenters. The Morgan fingerprint density at radius 3 is 2.23 bits per heavy atom. The first-order valence-electron chi connectivity index (χ1n) is 8.30. The number of carbonyl (C=O) groups excluding carboxylic acids is 2. The Bertz CT molecular complexity index is 690. The standard InChI is InChI=1S/C15H20F2O8S/c16-15(17,26(21,22)23)13(20)24-6-11(19)25-12-9-1-8-2-10(12)5-14(3-8,4-9)7-18/h8-10,12,18H,1-7H2,(H,21,22,23). The quantitative estimate of drug-likeness (QED) is 0.495. The Balaban J connectivity index is 1.56. The van der Waals surface area contributed by atoms with Gasteiger partial charge >= 0.3 is 27.3 Å². The molecule has 8 nitrogen and oxygen atoms in total. The molecule has 4 rings (SSSR count). The molecule has 4 fully saturated rings. The highest BCUT2D eigenvalue weighted by Gasteiger charge is 2.57. The van der Waals surface area contributed by atoms with Crippen LogP contribution in [0.25, 0.3) is 0 Å². The van der Waals surface area contributed by atoms with Gasteiger partial charge in [0.15, 0.2) is 6.61 Å². The van der Waals surface area contributed by atoms with E-state index in [1.165, 1.54) is 0 Å². The van der Waals surface area contributed by atoms with Crippen LogP contribution in [-0.2, 0) is 29.2 Å². The topological polar surface area (TPSA) is 127 Å². The van der Waals surface area contributed by atoms with Crippen molar-refractivity contribution in [1.82, 2.24) is 0 Å². The number of aliphatic hydroxyl groups is 1. The Morgan fingerprint density at radius 1 is 1.15 bits per heavy atom. The molecule has 4 saturated carbocycles. The lowest BCUT2D eigenvalue weighted by Crippen LogP contribution is -2.56. The van der Waals surface area contributed by atoms with E-state index in [2.05, 4.69) is 4.74 Å². The van der Waals surface area contributed by atoms with Crippen molar-refractivity contribution < 1.29 is 45.9 Å². The minimum atomic E-state index is -5.98. The number of carbonyl (C=O) groups is 2. The maximum Gasteiger partial charge on any atom is 0.465 e. The van der Waals surface area contributed by atoms with Gasteiger partial charge in [-0.05, 0) is 55.3 Å². The van der Waals surface area contributed by atoms with Crippen LogP contribution in [0.15, 0.2) is 0 Å².